The van der Waals surface area contributed by atoms with E-state index in [4.69, 9.17) is 19.1 Å². The Labute approximate surface area is 203 Å². The van der Waals surface area contributed by atoms with E-state index < -0.39 is 51.8 Å². The standard InChI is InChI=1S/C23H43O10P/c1-3-5-7-9-10-11-13-15-23(27)33-21(18-30-22(26)14-12-8-6-4-2)19-32-34(28,29)31-17-20(25)16-24/h20-21,24-25H,1-19H2,(H,28,29)/q-2/t20-,21+/m0/s1. The van der Waals surface area contributed by atoms with Gasteiger partial charge in [-0.3, -0.25) is 18.6 Å². The Morgan fingerprint density at radius 3 is 1.85 bits per heavy atom. The zero-order valence-corrected chi connectivity index (χ0v) is 21.1. The van der Waals surface area contributed by atoms with Gasteiger partial charge in [-0.1, -0.05) is 44.9 Å². The Morgan fingerprint density at radius 2 is 1.26 bits per heavy atom. The summed E-state index contributed by atoms with van der Waals surface area (Å²) in [5.41, 5.74) is 0. The first-order valence-corrected chi connectivity index (χ1v) is 13.6. The van der Waals surface area contributed by atoms with E-state index in [1.165, 1.54) is 0 Å². The summed E-state index contributed by atoms with van der Waals surface area (Å²) in [4.78, 5) is 33.8. The van der Waals surface area contributed by atoms with Gasteiger partial charge in [-0.05, 0) is 12.8 Å². The Hall–Kier alpha value is -1.03. The lowest BCUT2D eigenvalue weighted by atomic mass is 10.1. The molecular weight excluding hydrogens is 467 g/mol. The molecule has 11 heteroatoms. The van der Waals surface area contributed by atoms with Crippen molar-refractivity contribution in [3.05, 3.63) is 13.8 Å². The van der Waals surface area contributed by atoms with E-state index in [2.05, 4.69) is 18.4 Å². The lowest BCUT2D eigenvalue weighted by molar-refractivity contribution is -0.161. The molecular formula is C23H43O10P-2. The molecule has 10 nitrogen and oxygen atoms in total. The van der Waals surface area contributed by atoms with Crippen LogP contribution in [0.4, 0.5) is 0 Å². The average Bonchev–Trinajstić information content (AvgIpc) is 2.81. The van der Waals surface area contributed by atoms with Gasteiger partial charge in [0.25, 0.3) is 0 Å². The Balaban J connectivity index is 4.57. The lowest BCUT2D eigenvalue weighted by Crippen LogP contribution is -2.29. The molecule has 0 bridgehead atoms. The molecule has 0 saturated carbocycles. The predicted molar refractivity (Wildman–Crippen MR) is 126 cm³/mol. The monoisotopic (exact) mass is 510 g/mol. The van der Waals surface area contributed by atoms with Crippen LogP contribution >= 0.6 is 7.82 Å². The van der Waals surface area contributed by atoms with Crippen molar-refractivity contribution in [1.29, 1.82) is 0 Å². The van der Waals surface area contributed by atoms with E-state index in [0.29, 0.717) is 12.8 Å². The van der Waals surface area contributed by atoms with Gasteiger partial charge in [-0.2, -0.15) is 12.8 Å². The van der Waals surface area contributed by atoms with Crippen LogP contribution in [0.15, 0.2) is 0 Å². The molecule has 0 aromatic heterocycles. The summed E-state index contributed by atoms with van der Waals surface area (Å²) >= 11 is 0. The summed E-state index contributed by atoms with van der Waals surface area (Å²) in [5, 5.41) is 18.0. The number of unbranched alkanes of at least 4 members (excludes halogenated alkanes) is 9. The van der Waals surface area contributed by atoms with E-state index in [9.17, 15) is 24.2 Å². The molecule has 0 heterocycles. The molecule has 34 heavy (non-hydrogen) atoms. The normalized spacial score (nSPS) is 14.9. The van der Waals surface area contributed by atoms with Crippen LogP contribution in [0, 0.1) is 13.8 Å². The van der Waals surface area contributed by atoms with Gasteiger partial charge in [0.15, 0.2) is 6.10 Å². The number of esters is 2. The molecule has 0 fully saturated rings. The average molecular weight is 511 g/mol. The van der Waals surface area contributed by atoms with Gasteiger partial charge in [-0.15, -0.1) is 0 Å². The third-order valence-corrected chi connectivity index (χ3v) is 5.76. The van der Waals surface area contributed by atoms with Crippen molar-refractivity contribution in [2.75, 3.05) is 26.4 Å². The SMILES string of the molecule is [CH2-]CCCCCCCCC(=O)O[C@H](COC(=O)CCCCC[CH2-])COP(=O)(O)OC[C@@H](O)CO. The molecule has 0 aromatic rings. The van der Waals surface area contributed by atoms with Crippen molar-refractivity contribution in [1.82, 2.24) is 0 Å². The van der Waals surface area contributed by atoms with Crippen molar-refractivity contribution in [2.45, 2.75) is 95.7 Å². The number of carbonyl (C=O) groups is 2. The maximum absolute atomic E-state index is 12.2. The first-order chi connectivity index (χ1) is 16.2. The fraction of sp³-hybridized carbons (Fsp3) is 0.826. The summed E-state index contributed by atoms with van der Waals surface area (Å²) < 4.78 is 31.8. The molecule has 0 aliphatic rings. The molecule has 0 amide bonds. The number of aliphatic hydroxyl groups is 2. The van der Waals surface area contributed by atoms with E-state index in [-0.39, 0.29) is 19.4 Å². The number of rotatable bonds is 23. The summed E-state index contributed by atoms with van der Waals surface area (Å²) in [7, 11) is -4.58. The van der Waals surface area contributed by atoms with Gasteiger partial charge >= 0.3 is 19.8 Å². The maximum atomic E-state index is 12.2. The third kappa shape index (κ3) is 20.4. The number of hydrogen-bond donors (Lipinski definition) is 3. The van der Waals surface area contributed by atoms with Gasteiger partial charge in [0.05, 0.1) is 19.8 Å². The summed E-state index contributed by atoms with van der Waals surface area (Å²) in [6.07, 6.45) is 7.87. The van der Waals surface area contributed by atoms with Crippen LogP contribution in [-0.2, 0) is 32.7 Å². The van der Waals surface area contributed by atoms with Crippen molar-refractivity contribution in [3.8, 4) is 0 Å². The molecule has 1 unspecified atom stereocenters. The molecule has 0 aromatic carbocycles. The minimum Gasteiger partial charge on any atom is -0.462 e. The molecule has 0 aliphatic carbocycles. The highest BCUT2D eigenvalue weighted by atomic mass is 31.2. The minimum absolute atomic E-state index is 0.167. The highest BCUT2D eigenvalue weighted by Crippen LogP contribution is 2.43. The van der Waals surface area contributed by atoms with Gasteiger partial charge in [0.2, 0.25) is 0 Å². The zero-order chi connectivity index (χ0) is 25.7. The number of carbonyl (C=O) groups excluding carboxylic acids is 2. The van der Waals surface area contributed by atoms with Crippen molar-refractivity contribution in [2.24, 2.45) is 0 Å². The van der Waals surface area contributed by atoms with E-state index >= 15 is 0 Å². The highest BCUT2D eigenvalue weighted by Gasteiger charge is 2.27. The summed E-state index contributed by atoms with van der Waals surface area (Å²) in [6.45, 7) is 5.40. The second kappa shape index (κ2) is 21.3. The fourth-order valence-electron chi connectivity index (χ4n) is 2.84. The Kier molecular flexibility index (Phi) is 20.6. The Morgan fingerprint density at radius 1 is 0.765 bits per heavy atom. The van der Waals surface area contributed by atoms with Gasteiger partial charge in [-0.25, -0.2) is 4.57 Å². The number of phosphoric ester groups is 1. The van der Waals surface area contributed by atoms with Crippen molar-refractivity contribution in [3.63, 3.8) is 0 Å². The van der Waals surface area contributed by atoms with Gasteiger partial charge in [0, 0.05) is 12.8 Å². The topological polar surface area (TPSA) is 149 Å². The van der Waals surface area contributed by atoms with E-state index in [1.807, 2.05) is 0 Å². The van der Waals surface area contributed by atoms with Crippen molar-refractivity contribution < 1.29 is 47.8 Å². The van der Waals surface area contributed by atoms with Crippen molar-refractivity contribution >= 4 is 19.8 Å². The minimum atomic E-state index is -4.58. The highest BCUT2D eigenvalue weighted by molar-refractivity contribution is 7.47. The summed E-state index contributed by atoms with van der Waals surface area (Å²) in [5.74, 6) is -0.996. The third-order valence-electron chi connectivity index (χ3n) is 4.80. The second-order valence-electron chi connectivity index (χ2n) is 8.08. The molecule has 0 aliphatic heterocycles. The van der Waals surface area contributed by atoms with Crippen LogP contribution in [-0.4, -0.2) is 65.7 Å². The number of phosphoric acid groups is 1. The molecule has 0 spiro atoms. The van der Waals surface area contributed by atoms with Crippen LogP contribution < -0.4 is 0 Å². The predicted octanol–water partition coefficient (Wildman–Crippen LogP) is 3.67. The van der Waals surface area contributed by atoms with Crippen LogP contribution in [0.25, 0.3) is 0 Å². The number of aliphatic hydroxyl groups excluding tert-OH is 2. The quantitative estimate of drug-likeness (QED) is 0.0804. The van der Waals surface area contributed by atoms with E-state index in [1.54, 1.807) is 0 Å². The van der Waals surface area contributed by atoms with Crippen LogP contribution in [0.2, 0.25) is 0 Å². The van der Waals surface area contributed by atoms with Gasteiger partial charge in [0.1, 0.15) is 12.7 Å². The summed E-state index contributed by atoms with van der Waals surface area (Å²) in [6, 6.07) is 0. The number of hydrogen-bond acceptors (Lipinski definition) is 9. The first-order valence-electron chi connectivity index (χ1n) is 12.1. The molecule has 0 radical (unpaired) electrons. The maximum Gasteiger partial charge on any atom is 0.472 e. The first kappa shape index (κ1) is 33.0. The molecule has 3 N–H and O–H groups in total. The molecule has 0 saturated heterocycles. The lowest BCUT2D eigenvalue weighted by Gasteiger charge is -2.20. The largest absolute Gasteiger partial charge is 0.472 e. The molecule has 202 valence electrons. The smallest absolute Gasteiger partial charge is 0.462 e. The molecule has 0 rings (SSSR count). The Bertz CT molecular complexity index is 572. The van der Waals surface area contributed by atoms with Crippen LogP contribution in [0.1, 0.15) is 83.5 Å². The second-order valence-corrected chi connectivity index (χ2v) is 9.53. The number of ether oxygens (including phenoxy) is 2. The van der Waals surface area contributed by atoms with Gasteiger partial charge < -0.3 is 38.4 Å². The fourth-order valence-corrected chi connectivity index (χ4v) is 3.63. The van der Waals surface area contributed by atoms with Crippen LogP contribution in [0.3, 0.4) is 0 Å². The van der Waals surface area contributed by atoms with E-state index in [0.717, 1.165) is 57.8 Å². The molecule has 3 atom stereocenters. The zero-order valence-electron chi connectivity index (χ0n) is 20.2. The van der Waals surface area contributed by atoms with Crippen LogP contribution in [0.5, 0.6) is 0 Å².